The van der Waals surface area contributed by atoms with Gasteiger partial charge in [-0.05, 0) is 0 Å². The van der Waals surface area contributed by atoms with Crippen LogP contribution in [0.1, 0.15) is 6.92 Å². The van der Waals surface area contributed by atoms with Gasteiger partial charge in [-0.15, -0.1) is 0 Å². The van der Waals surface area contributed by atoms with Gasteiger partial charge in [-0.1, -0.05) is 0 Å². The Hall–Kier alpha value is -1.37. The highest BCUT2D eigenvalue weighted by molar-refractivity contribution is 7.71. The number of rotatable bonds is 3. The van der Waals surface area contributed by atoms with Gasteiger partial charge in [-0.25, -0.2) is 4.79 Å². The Kier molecular flexibility index (Phi) is 3.98. The van der Waals surface area contributed by atoms with Crippen LogP contribution in [-0.4, -0.2) is 36.8 Å². The summed E-state index contributed by atoms with van der Waals surface area (Å²) < 4.78 is 20.1. The molecule has 0 aromatic heterocycles. The lowest BCUT2D eigenvalue weighted by Gasteiger charge is -2.04. The Labute approximate surface area is 69.7 Å². The molecule has 0 aromatic carbocycles. The molecule has 2 N–H and O–H groups in total. The van der Waals surface area contributed by atoms with Crippen LogP contribution in [0.3, 0.4) is 0 Å². The number of aliphatic carboxylic acids is 1. The molecule has 0 aliphatic heterocycles. The van der Waals surface area contributed by atoms with E-state index in [9.17, 15) is 18.0 Å². The van der Waals surface area contributed by atoms with Crippen molar-refractivity contribution in [2.75, 3.05) is 0 Å². The van der Waals surface area contributed by atoms with E-state index in [-0.39, 0.29) is 0 Å². The topological polar surface area (TPSA) is 101 Å². The Morgan fingerprint density at radius 3 is 2.25 bits per heavy atom. The highest BCUT2D eigenvalue weighted by Gasteiger charge is 2.15. The molecule has 0 bridgehead atoms. The molecule has 0 unspecified atom stereocenters. The third-order valence-corrected chi connectivity index (χ3v) is 1.37. The zero-order valence-electron chi connectivity index (χ0n) is 6.14. The van der Waals surface area contributed by atoms with Crippen molar-refractivity contribution in [3.8, 4) is 0 Å². The summed E-state index contributed by atoms with van der Waals surface area (Å²) in [7, 11) is -2.60. The van der Waals surface area contributed by atoms with Gasteiger partial charge in [0, 0.05) is 6.92 Å². The minimum absolute atomic E-state index is 0.490. The summed E-state index contributed by atoms with van der Waals surface area (Å²) >= 11 is 0. The minimum atomic E-state index is -2.60. The lowest BCUT2D eigenvalue weighted by atomic mass is 10.3. The smallest absolute Gasteiger partial charge is 0.331 e. The molecular weight excluding hydrogens is 186 g/mol. The van der Waals surface area contributed by atoms with Crippen molar-refractivity contribution < 1.29 is 23.1 Å². The zero-order valence-corrected chi connectivity index (χ0v) is 6.96. The molecule has 68 valence electrons. The number of hydrogen-bond acceptors (Lipinski definition) is 4. The largest absolute Gasteiger partial charge is 0.479 e. The minimum Gasteiger partial charge on any atom is -0.479 e. The molecule has 0 rings (SSSR count). The molecule has 7 heteroatoms. The number of carboxylic acids is 1. The second kappa shape index (κ2) is 4.50. The number of nitrogens with one attached hydrogen (secondary N) is 1. The second-order valence-electron chi connectivity index (χ2n) is 1.91. The van der Waals surface area contributed by atoms with Gasteiger partial charge in [-0.2, -0.15) is 8.42 Å². The van der Waals surface area contributed by atoms with E-state index in [0.717, 1.165) is 6.92 Å². The second-order valence-corrected chi connectivity index (χ2v) is 2.71. The number of hydrogen-bond donors (Lipinski definition) is 2. The molecule has 0 saturated carbocycles. The lowest BCUT2D eigenvalue weighted by molar-refractivity contribution is -0.139. The van der Waals surface area contributed by atoms with Gasteiger partial charge in [0.2, 0.25) is 16.2 Å². The summed E-state index contributed by atoms with van der Waals surface area (Å²) in [4.78, 5) is 20.6. The first-order valence-corrected chi connectivity index (χ1v) is 4.00. The molecule has 1 atom stereocenters. The van der Waals surface area contributed by atoms with Crippen LogP contribution in [0, 0.1) is 0 Å². The molecule has 0 spiro atoms. The van der Waals surface area contributed by atoms with Crippen molar-refractivity contribution in [3.63, 3.8) is 0 Å². The highest BCUT2D eigenvalue weighted by Crippen LogP contribution is 1.78. The van der Waals surface area contributed by atoms with Crippen LogP contribution in [-0.2, 0) is 19.9 Å². The molecule has 12 heavy (non-hydrogen) atoms. The predicted molar refractivity (Wildman–Crippen MR) is 40.2 cm³/mol. The monoisotopic (exact) mass is 193 g/mol. The van der Waals surface area contributed by atoms with Gasteiger partial charge in [0.05, 0.1) is 5.37 Å². The maximum atomic E-state index is 10.3. The normalized spacial score (nSPS) is 11.4. The molecule has 0 aliphatic rings. The van der Waals surface area contributed by atoms with E-state index in [0.29, 0.717) is 5.37 Å². The summed E-state index contributed by atoms with van der Waals surface area (Å²) in [6.07, 6.45) is 0. The number of amides is 1. The van der Waals surface area contributed by atoms with E-state index in [4.69, 9.17) is 5.11 Å². The van der Waals surface area contributed by atoms with Gasteiger partial charge in [-0.3, -0.25) is 4.79 Å². The highest BCUT2D eigenvalue weighted by atomic mass is 32.2. The molecule has 1 amide bonds. The Morgan fingerprint density at radius 2 is 2.00 bits per heavy atom. The fourth-order valence-corrected chi connectivity index (χ4v) is 0.891. The molecule has 0 aromatic rings. The first-order valence-electron chi connectivity index (χ1n) is 2.86. The van der Waals surface area contributed by atoms with E-state index >= 15 is 0 Å². The van der Waals surface area contributed by atoms with E-state index in [1.54, 1.807) is 0 Å². The predicted octanol–water partition coefficient (Wildman–Crippen LogP) is -1.74. The van der Waals surface area contributed by atoms with Crippen LogP contribution in [0.25, 0.3) is 0 Å². The molecule has 0 heterocycles. The SMILES string of the molecule is CC(=O)N[C@@H](C=S(=O)=O)C(=O)O. The summed E-state index contributed by atoms with van der Waals surface area (Å²) in [5, 5.41) is 10.8. The van der Waals surface area contributed by atoms with Crippen LogP contribution in [0.5, 0.6) is 0 Å². The van der Waals surface area contributed by atoms with Crippen molar-refractivity contribution >= 4 is 27.5 Å². The molecule has 0 fully saturated rings. The average Bonchev–Trinajstić information content (AvgIpc) is 1.83. The van der Waals surface area contributed by atoms with E-state index in [2.05, 4.69) is 0 Å². The molecule has 6 nitrogen and oxygen atoms in total. The van der Waals surface area contributed by atoms with Crippen molar-refractivity contribution in [2.24, 2.45) is 0 Å². The lowest BCUT2D eigenvalue weighted by Crippen LogP contribution is -2.40. The maximum Gasteiger partial charge on any atom is 0.331 e. The van der Waals surface area contributed by atoms with Crippen LogP contribution < -0.4 is 5.32 Å². The van der Waals surface area contributed by atoms with Gasteiger partial charge in [0.25, 0.3) is 0 Å². The summed E-state index contributed by atoms with van der Waals surface area (Å²) in [6, 6.07) is -1.49. The van der Waals surface area contributed by atoms with Crippen molar-refractivity contribution in [1.29, 1.82) is 0 Å². The van der Waals surface area contributed by atoms with E-state index in [1.165, 1.54) is 0 Å². The van der Waals surface area contributed by atoms with Crippen molar-refractivity contribution in [2.45, 2.75) is 13.0 Å². The van der Waals surface area contributed by atoms with Gasteiger partial charge in [0.1, 0.15) is 0 Å². The van der Waals surface area contributed by atoms with Crippen LogP contribution in [0.4, 0.5) is 0 Å². The standard InChI is InChI=1S/C5H7NO5S/c1-3(7)6-4(5(8)9)2-12(10)11/h2,4H,1H3,(H,6,7)(H,8,9)/t4-/m0/s1. The van der Waals surface area contributed by atoms with Gasteiger partial charge >= 0.3 is 5.97 Å². The van der Waals surface area contributed by atoms with Crippen LogP contribution >= 0.6 is 0 Å². The first kappa shape index (κ1) is 10.6. The summed E-state index contributed by atoms with van der Waals surface area (Å²) in [5.74, 6) is -2.03. The Morgan fingerprint density at radius 1 is 1.50 bits per heavy atom. The Bertz CT molecular complexity index is 309. The van der Waals surface area contributed by atoms with Gasteiger partial charge in [0.15, 0.2) is 6.04 Å². The van der Waals surface area contributed by atoms with E-state index < -0.39 is 28.2 Å². The summed E-state index contributed by atoms with van der Waals surface area (Å²) in [6.45, 7) is 1.09. The average molecular weight is 193 g/mol. The number of carbonyl (C=O) groups is 2. The summed E-state index contributed by atoms with van der Waals surface area (Å²) in [5.41, 5.74) is 0. The first-order chi connectivity index (χ1) is 5.43. The fourth-order valence-electron chi connectivity index (χ4n) is 0.484. The molecule has 0 aliphatic carbocycles. The van der Waals surface area contributed by atoms with E-state index in [1.807, 2.05) is 5.32 Å². The Balaban J connectivity index is 4.57. The maximum absolute atomic E-state index is 10.3. The molecule has 0 saturated heterocycles. The number of carboxylic acid groups (broad SMARTS) is 1. The van der Waals surface area contributed by atoms with Crippen LogP contribution in [0.2, 0.25) is 0 Å². The zero-order chi connectivity index (χ0) is 9.72. The third-order valence-electron chi connectivity index (χ3n) is 0.872. The van der Waals surface area contributed by atoms with Gasteiger partial charge < -0.3 is 10.4 Å². The fraction of sp³-hybridized carbons (Fsp3) is 0.400. The van der Waals surface area contributed by atoms with Crippen molar-refractivity contribution in [3.05, 3.63) is 0 Å². The molecular formula is C5H7NO5S. The third kappa shape index (κ3) is 4.45. The quantitative estimate of drug-likeness (QED) is 0.518. The van der Waals surface area contributed by atoms with Crippen LogP contribution in [0.15, 0.2) is 0 Å². The van der Waals surface area contributed by atoms with Crippen molar-refractivity contribution in [1.82, 2.24) is 5.32 Å². The molecule has 0 radical (unpaired) electrons. The number of carbonyl (C=O) groups excluding carboxylic acids is 1.